The molecule has 1 N–H and O–H groups in total. The average Bonchev–Trinajstić information content (AvgIpc) is 2.85. The molecule has 0 atom stereocenters. The average molecular weight is 343 g/mol. The Labute approximate surface area is 122 Å². The van der Waals surface area contributed by atoms with Gasteiger partial charge in [-0.05, 0) is 18.6 Å². The number of halogens is 1. The van der Waals surface area contributed by atoms with Gasteiger partial charge in [0.05, 0.1) is 4.92 Å². The third-order valence-electron chi connectivity index (χ3n) is 2.44. The van der Waals surface area contributed by atoms with Gasteiger partial charge >= 0.3 is 0 Å². The fourth-order valence-corrected chi connectivity index (χ4v) is 2.52. The molecule has 0 fully saturated rings. The summed E-state index contributed by atoms with van der Waals surface area (Å²) >= 11 is 4.69. The highest BCUT2D eigenvalue weighted by Crippen LogP contribution is 2.25. The number of rotatable bonds is 5. The second-order valence-electron chi connectivity index (χ2n) is 3.74. The largest absolute Gasteiger partial charge is 0.356 e. The van der Waals surface area contributed by atoms with E-state index in [1.807, 2.05) is 6.92 Å². The van der Waals surface area contributed by atoms with Crippen molar-refractivity contribution in [1.29, 1.82) is 0 Å². The molecular formula is C11H11BrN4O2S. The second-order valence-corrected chi connectivity index (χ2v) is 5.72. The summed E-state index contributed by atoms with van der Waals surface area (Å²) in [6.45, 7) is 2.35. The molecule has 0 aliphatic carbocycles. The Balaban J connectivity index is 2.12. The number of nitro groups is 1. The number of nitro benzene ring substituents is 1. The number of nitrogens with zero attached hydrogens (tertiary/aromatic N) is 3. The first-order chi connectivity index (χ1) is 9.10. The van der Waals surface area contributed by atoms with Crippen LogP contribution in [0.5, 0.6) is 0 Å². The molecule has 0 aliphatic rings. The topological polar surface area (TPSA) is 81.0 Å². The third kappa shape index (κ3) is 3.48. The quantitative estimate of drug-likeness (QED) is 0.665. The van der Waals surface area contributed by atoms with Crippen molar-refractivity contribution in [2.24, 2.45) is 0 Å². The number of hydrogen-bond acceptors (Lipinski definition) is 6. The zero-order chi connectivity index (χ0) is 13.8. The molecule has 0 bridgehead atoms. The van der Waals surface area contributed by atoms with Gasteiger partial charge in [-0.2, -0.15) is 0 Å². The van der Waals surface area contributed by atoms with Gasteiger partial charge in [0.15, 0.2) is 0 Å². The lowest BCUT2D eigenvalue weighted by atomic mass is 10.2. The van der Waals surface area contributed by atoms with E-state index >= 15 is 0 Å². The molecule has 1 heterocycles. The van der Waals surface area contributed by atoms with E-state index in [1.54, 1.807) is 12.1 Å². The zero-order valence-corrected chi connectivity index (χ0v) is 12.5. The summed E-state index contributed by atoms with van der Waals surface area (Å²) in [5.41, 5.74) is 0.698. The summed E-state index contributed by atoms with van der Waals surface area (Å²) in [5.74, 6) is 0. The predicted octanol–water partition coefficient (Wildman–Crippen LogP) is 3.38. The van der Waals surface area contributed by atoms with Crippen LogP contribution in [0.3, 0.4) is 0 Å². The molecule has 0 radical (unpaired) electrons. The van der Waals surface area contributed by atoms with E-state index in [2.05, 4.69) is 31.4 Å². The molecule has 6 nitrogen and oxygen atoms in total. The standard InChI is InChI=1S/C11H11BrN4O2S/c1-2-10-14-15-11(19-10)13-6-7-3-4-8(12)5-9(7)16(17)18/h3-5H,2,6H2,1H3,(H,13,15). The summed E-state index contributed by atoms with van der Waals surface area (Å²) < 4.78 is 0.687. The van der Waals surface area contributed by atoms with Crippen molar-refractivity contribution < 1.29 is 4.92 Å². The molecule has 1 aromatic carbocycles. The Morgan fingerprint density at radius 1 is 1.47 bits per heavy atom. The van der Waals surface area contributed by atoms with E-state index in [-0.39, 0.29) is 10.6 Å². The Morgan fingerprint density at radius 3 is 2.89 bits per heavy atom. The summed E-state index contributed by atoms with van der Waals surface area (Å²) in [5, 5.41) is 23.6. The van der Waals surface area contributed by atoms with Crippen LogP contribution in [-0.2, 0) is 13.0 Å². The lowest BCUT2D eigenvalue weighted by molar-refractivity contribution is -0.385. The molecule has 2 aromatic rings. The van der Waals surface area contributed by atoms with Gasteiger partial charge in [0.2, 0.25) is 5.13 Å². The molecule has 19 heavy (non-hydrogen) atoms. The van der Waals surface area contributed by atoms with Crippen LogP contribution in [0.15, 0.2) is 22.7 Å². The van der Waals surface area contributed by atoms with E-state index in [0.717, 1.165) is 11.4 Å². The lowest BCUT2D eigenvalue weighted by Crippen LogP contribution is -2.03. The first-order valence-corrected chi connectivity index (χ1v) is 7.20. The van der Waals surface area contributed by atoms with E-state index in [4.69, 9.17) is 0 Å². The van der Waals surface area contributed by atoms with Crippen molar-refractivity contribution in [3.05, 3.63) is 43.4 Å². The lowest BCUT2D eigenvalue weighted by Gasteiger charge is -2.04. The second kappa shape index (κ2) is 6.07. The fourth-order valence-electron chi connectivity index (χ4n) is 1.50. The van der Waals surface area contributed by atoms with Crippen molar-refractivity contribution in [3.8, 4) is 0 Å². The molecule has 0 amide bonds. The van der Waals surface area contributed by atoms with Gasteiger partial charge < -0.3 is 5.32 Å². The van der Waals surface area contributed by atoms with Crippen molar-refractivity contribution in [1.82, 2.24) is 10.2 Å². The van der Waals surface area contributed by atoms with Gasteiger partial charge in [0.1, 0.15) is 5.01 Å². The van der Waals surface area contributed by atoms with Crippen LogP contribution >= 0.6 is 27.3 Å². The van der Waals surface area contributed by atoms with E-state index in [1.165, 1.54) is 17.4 Å². The number of hydrogen-bond donors (Lipinski definition) is 1. The Hall–Kier alpha value is -1.54. The maximum atomic E-state index is 11.0. The maximum Gasteiger partial charge on any atom is 0.275 e. The van der Waals surface area contributed by atoms with Crippen molar-refractivity contribution in [2.75, 3.05) is 5.32 Å². The van der Waals surface area contributed by atoms with Gasteiger partial charge in [-0.25, -0.2) is 0 Å². The van der Waals surface area contributed by atoms with Crippen LogP contribution in [0, 0.1) is 10.1 Å². The molecule has 2 rings (SSSR count). The Kier molecular flexibility index (Phi) is 4.43. The SMILES string of the molecule is CCc1nnc(NCc2ccc(Br)cc2[N+](=O)[O-])s1. The number of benzene rings is 1. The van der Waals surface area contributed by atoms with Gasteiger partial charge in [-0.3, -0.25) is 10.1 Å². The number of anilines is 1. The van der Waals surface area contributed by atoms with Crippen LogP contribution in [0.2, 0.25) is 0 Å². The molecular weight excluding hydrogens is 332 g/mol. The van der Waals surface area contributed by atoms with Gasteiger partial charge in [-0.15, -0.1) is 10.2 Å². The first-order valence-electron chi connectivity index (χ1n) is 5.59. The summed E-state index contributed by atoms with van der Waals surface area (Å²) in [6, 6.07) is 4.99. The van der Waals surface area contributed by atoms with Crippen LogP contribution < -0.4 is 5.32 Å². The van der Waals surface area contributed by atoms with E-state index < -0.39 is 0 Å². The molecule has 0 spiro atoms. The van der Waals surface area contributed by atoms with Crippen molar-refractivity contribution in [2.45, 2.75) is 19.9 Å². The first kappa shape index (κ1) is 13.9. The van der Waals surface area contributed by atoms with Gasteiger partial charge in [0.25, 0.3) is 5.69 Å². The normalized spacial score (nSPS) is 10.4. The van der Waals surface area contributed by atoms with Crippen LogP contribution in [0.1, 0.15) is 17.5 Å². The smallest absolute Gasteiger partial charge is 0.275 e. The monoisotopic (exact) mass is 342 g/mol. The number of aryl methyl sites for hydroxylation is 1. The fraction of sp³-hybridized carbons (Fsp3) is 0.273. The number of aromatic nitrogens is 2. The molecule has 0 saturated carbocycles. The highest BCUT2D eigenvalue weighted by molar-refractivity contribution is 9.10. The minimum Gasteiger partial charge on any atom is -0.356 e. The van der Waals surface area contributed by atoms with Crippen LogP contribution in [0.25, 0.3) is 0 Å². The van der Waals surface area contributed by atoms with E-state index in [9.17, 15) is 10.1 Å². The van der Waals surface area contributed by atoms with Gasteiger partial charge in [0, 0.05) is 22.6 Å². The van der Waals surface area contributed by atoms with Gasteiger partial charge in [-0.1, -0.05) is 34.2 Å². The molecule has 1 aromatic heterocycles. The predicted molar refractivity (Wildman–Crippen MR) is 77.4 cm³/mol. The van der Waals surface area contributed by atoms with E-state index in [0.29, 0.717) is 21.7 Å². The molecule has 0 unspecified atom stereocenters. The number of nitrogens with one attached hydrogen (secondary N) is 1. The van der Waals surface area contributed by atoms with Crippen molar-refractivity contribution in [3.63, 3.8) is 0 Å². The minimum atomic E-state index is -0.390. The van der Waals surface area contributed by atoms with Crippen molar-refractivity contribution >= 4 is 38.1 Å². The molecule has 0 aliphatic heterocycles. The highest BCUT2D eigenvalue weighted by atomic mass is 79.9. The Morgan fingerprint density at radius 2 is 2.26 bits per heavy atom. The third-order valence-corrected chi connectivity index (χ3v) is 3.96. The molecule has 100 valence electrons. The minimum absolute atomic E-state index is 0.0853. The maximum absolute atomic E-state index is 11.0. The summed E-state index contributed by atoms with van der Waals surface area (Å²) in [7, 11) is 0. The Bertz CT molecular complexity index is 602. The van der Waals surface area contributed by atoms with Crippen LogP contribution in [0.4, 0.5) is 10.8 Å². The molecule has 8 heteroatoms. The highest BCUT2D eigenvalue weighted by Gasteiger charge is 2.14. The summed E-state index contributed by atoms with van der Waals surface area (Å²) in [6.07, 6.45) is 0.831. The zero-order valence-electron chi connectivity index (χ0n) is 10.1. The molecule has 0 saturated heterocycles. The van der Waals surface area contributed by atoms with Crippen LogP contribution in [-0.4, -0.2) is 15.1 Å². The summed E-state index contributed by atoms with van der Waals surface area (Å²) in [4.78, 5) is 10.6.